The summed E-state index contributed by atoms with van der Waals surface area (Å²) in [5, 5.41) is 8.91. The molecule has 1 aromatic carbocycles. The van der Waals surface area contributed by atoms with Crippen molar-refractivity contribution < 1.29 is 0 Å². The quantitative estimate of drug-likeness (QED) is 0.336. The minimum absolute atomic E-state index is 0.239. The van der Waals surface area contributed by atoms with Crippen molar-refractivity contribution in [2.45, 2.75) is 26.7 Å². The lowest BCUT2D eigenvalue weighted by Crippen LogP contribution is -2.03. The summed E-state index contributed by atoms with van der Waals surface area (Å²) in [6.07, 6.45) is 8.59. The van der Waals surface area contributed by atoms with Gasteiger partial charge in [0.15, 0.2) is 0 Å². The van der Waals surface area contributed by atoms with E-state index in [1.807, 2.05) is 30.3 Å². The summed E-state index contributed by atoms with van der Waals surface area (Å²) in [6, 6.07) is 13.8. The second-order valence-corrected chi connectivity index (χ2v) is 8.21. The smallest absolute Gasteiger partial charge is 0.139 e. The van der Waals surface area contributed by atoms with Crippen LogP contribution in [0.3, 0.4) is 0 Å². The highest BCUT2D eigenvalue weighted by Crippen LogP contribution is 2.35. The number of aryl methyl sites for hydroxylation is 1. The van der Waals surface area contributed by atoms with Gasteiger partial charge >= 0.3 is 0 Å². The Morgan fingerprint density at radius 2 is 1.59 bits per heavy atom. The van der Waals surface area contributed by atoms with Gasteiger partial charge in [0, 0.05) is 47.0 Å². The van der Waals surface area contributed by atoms with Crippen LogP contribution in [0.25, 0.3) is 22.0 Å². The SMILES string of the molecule is Cc1ccc2c(Nc3ccnc(C(C)C)n3)nccc2c1Nc1ncccc1-c1ccncn1. The Labute approximate surface area is 197 Å². The van der Waals surface area contributed by atoms with Crippen LogP contribution in [0.2, 0.25) is 0 Å². The van der Waals surface area contributed by atoms with Crippen LogP contribution in [0.4, 0.5) is 23.1 Å². The molecular formula is C26H24N8. The maximum Gasteiger partial charge on any atom is 0.139 e. The van der Waals surface area contributed by atoms with E-state index < -0.39 is 0 Å². The molecule has 0 aliphatic carbocycles. The number of anilines is 4. The zero-order valence-electron chi connectivity index (χ0n) is 19.2. The second-order valence-electron chi connectivity index (χ2n) is 8.21. The molecule has 0 radical (unpaired) electrons. The number of pyridine rings is 2. The number of aromatic nitrogens is 6. The number of nitrogens with one attached hydrogen (secondary N) is 2. The van der Waals surface area contributed by atoms with Gasteiger partial charge in [-0.1, -0.05) is 26.0 Å². The standard InChI is InChI=1S/C26H24N8/c1-16(2)24-29-14-10-22(32-24)33-25-19-7-6-17(3)23(18(19)8-13-30-25)34-26-20(5-4-11-28-26)21-9-12-27-15-31-21/h4-16H,1-3H3,(H,28,34)(H,29,30,32,33). The third-order valence-electron chi connectivity index (χ3n) is 5.50. The number of rotatable bonds is 6. The molecule has 0 aliphatic heterocycles. The normalized spacial score (nSPS) is 11.1. The molecule has 8 nitrogen and oxygen atoms in total. The highest BCUT2D eigenvalue weighted by atomic mass is 15.1. The number of fused-ring (bicyclic) bond motifs is 1. The van der Waals surface area contributed by atoms with Gasteiger partial charge in [-0.25, -0.2) is 29.9 Å². The predicted octanol–water partition coefficient (Wildman–Crippen LogP) is 5.80. The number of hydrogen-bond acceptors (Lipinski definition) is 8. The summed E-state index contributed by atoms with van der Waals surface area (Å²) in [4.78, 5) is 26.6. The Bertz CT molecular complexity index is 1450. The Hall–Kier alpha value is -4.46. The maximum absolute atomic E-state index is 4.63. The van der Waals surface area contributed by atoms with Crippen molar-refractivity contribution in [1.29, 1.82) is 0 Å². The highest BCUT2D eigenvalue weighted by Gasteiger charge is 2.14. The first kappa shape index (κ1) is 21.4. The molecule has 0 unspecified atom stereocenters. The van der Waals surface area contributed by atoms with Crippen molar-refractivity contribution in [1.82, 2.24) is 29.9 Å². The molecule has 0 bridgehead atoms. The molecule has 0 saturated carbocycles. The van der Waals surface area contributed by atoms with E-state index in [9.17, 15) is 0 Å². The van der Waals surface area contributed by atoms with Gasteiger partial charge in [-0.3, -0.25) is 0 Å². The van der Waals surface area contributed by atoms with E-state index >= 15 is 0 Å². The Morgan fingerprint density at radius 1 is 0.735 bits per heavy atom. The minimum atomic E-state index is 0.239. The van der Waals surface area contributed by atoms with Gasteiger partial charge in [-0.2, -0.15) is 0 Å². The average Bonchev–Trinajstić information content (AvgIpc) is 2.87. The Balaban J connectivity index is 1.56. The fourth-order valence-corrected chi connectivity index (χ4v) is 3.75. The number of benzene rings is 1. The first-order valence-electron chi connectivity index (χ1n) is 11.1. The molecule has 5 aromatic rings. The van der Waals surface area contributed by atoms with Crippen molar-refractivity contribution in [2.75, 3.05) is 10.6 Å². The van der Waals surface area contributed by atoms with E-state index in [-0.39, 0.29) is 5.92 Å². The van der Waals surface area contributed by atoms with Crippen molar-refractivity contribution in [3.63, 3.8) is 0 Å². The van der Waals surface area contributed by atoms with Crippen LogP contribution < -0.4 is 10.6 Å². The van der Waals surface area contributed by atoms with Crippen molar-refractivity contribution in [3.8, 4) is 11.3 Å². The van der Waals surface area contributed by atoms with E-state index in [4.69, 9.17) is 0 Å². The first-order valence-corrected chi connectivity index (χ1v) is 11.1. The summed E-state index contributed by atoms with van der Waals surface area (Å²) in [5.74, 6) is 3.19. The van der Waals surface area contributed by atoms with Crippen molar-refractivity contribution >= 4 is 33.9 Å². The molecule has 0 saturated heterocycles. The van der Waals surface area contributed by atoms with Crippen LogP contribution in [-0.4, -0.2) is 29.9 Å². The summed E-state index contributed by atoms with van der Waals surface area (Å²) in [6.45, 7) is 6.22. The van der Waals surface area contributed by atoms with Gasteiger partial charge in [0.1, 0.15) is 29.6 Å². The molecule has 2 N–H and O–H groups in total. The van der Waals surface area contributed by atoms with E-state index in [2.05, 4.69) is 73.4 Å². The van der Waals surface area contributed by atoms with Gasteiger partial charge < -0.3 is 10.6 Å². The third kappa shape index (κ3) is 4.25. The van der Waals surface area contributed by atoms with Gasteiger partial charge in [-0.05, 0) is 42.8 Å². The molecule has 168 valence electrons. The lowest BCUT2D eigenvalue weighted by molar-refractivity contribution is 0.776. The highest BCUT2D eigenvalue weighted by molar-refractivity contribution is 6.03. The van der Waals surface area contributed by atoms with Gasteiger partial charge in [0.05, 0.1) is 11.4 Å². The lowest BCUT2D eigenvalue weighted by atomic mass is 10.0. The van der Waals surface area contributed by atoms with Crippen LogP contribution in [0.15, 0.2) is 73.6 Å². The molecule has 34 heavy (non-hydrogen) atoms. The first-order chi connectivity index (χ1) is 16.6. The summed E-state index contributed by atoms with van der Waals surface area (Å²) in [7, 11) is 0. The second kappa shape index (κ2) is 9.19. The Morgan fingerprint density at radius 3 is 2.41 bits per heavy atom. The molecule has 5 rings (SSSR count). The molecule has 0 amide bonds. The van der Waals surface area contributed by atoms with Crippen LogP contribution >= 0.6 is 0 Å². The molecule has 0 aliphatic rings. The molecule has 4 aromatic heterocycles. The molecule has 4 heterocycles. The van der Waals surface area contributed by atoms with Crippen LogP contribution in [0.5, 0.6) is 0 Å². The average molecular weight is 449 g/mol. The molecule has 0 fully saturated rings. The third-order valence-corrected chi connectivity index (χ3v) is 5.50. The fraction of sp³-hybridized carbons (Fsp3) is 0.154. The van der Waals surface area contributed by atoms with Crippen LogP contribution in [-0.2, 0) is 0 Å². The fourth-order valence-electron chi connectivity index (χ4n) is 3.75. The maximum atomic E-state index is 4.63. The number of hydrogen-bond donors (Lipinski definition) is 2. The zero-order chi connectivity index (χ0) is 23.5. The molecule has 0 spiro atoms. The number of nitrogens with zero attached hydrogens (tertiary/aromatic N) is 6. The van der Waals surface area contributed by atoms with Gasteiger partial charge in [0.2, 0.25) is 0 Å². The van der Waals surface area contributed by atoms with E-state index in [0.29, 0.717) is 5.82 Å². The topological polar surface area (TPSA) is 101 Å². The Kier molecular flexibility index (Phi) is 5.78. The van der Waals surface area contributed by atoms with Gasteiger partial charge in [0.25, 0.3) is 0 Å². The van der Waals surface area contributed by atoms with Crippen LogP contribution in [0, 0.1) is 6.92 Å². The van der Waals surface area contributed by atoms with E-state index in [1.165, 1.54) is 6.33 Å². The predicted molar refractivity (Wildman–Crippen MR) is 134 cm³/mol. The van der Waals surface area contributed by atoms with Crippen LogP contribution in [0.1, 0.15) is 31.2 Å². The largest absolute Gasteiger partial charge is 0.339 e. The summed E-state index contributed by atoms with van der Waals surface area (Å²) >= 11 is 0. The minimum Gasteiger partial charge on any atom is -0.339 e. The molecule has 8 heteroatoms. The van der Waals surface area contributed by atoms with Crippen molar-refractivity contribution in [2.24, 2.45) is 0 Å². The molecular weight excluding hydrogens is 424 g/mol. The summed E-state index contributed by atoms with van der Waals surface area (Å²) in [5.41, 5.74) is 3.75. The van der Waals surface area contributed by atoms with E-state index in [1.54, 1.807) is 24.8 Å². The zero-order valence-corrected chi connectivity index (χ0v) is 19.2. The lowest BCUT2D eigenvalue weighted by Gasteiger charge is -2.16. The summed E-state index contributed by atoms with van der Waals surface area (Å²) < 4.78 is 0. The van der Waals surface area contributed by atoms with Crippen molar-refractivity contribution in [3.05, 3.63) is 85.0 Å². The molecule has 0 atom stereocenters. The van der Waals surface area contributed by atoms with Gasteiger partial charge in [-0.15, -0.1) is 0 Å². The van der Waals surface area contributed by atoms with E-state index in [0.717, 1.165) is 50.7 Å². The monoisotopic (exact) mass is 448 g/mol.